The number of rotatable bonds is 13. The van der Waals surface area contributed by atoms with Gasteiger partial charge in [0.25, 0.3) is 0 Å². The molecule has 8 aromatic rings. The largest absolute Gasteiger partial charge is 0.214 e. The van der Waals surface area contributed by atoms with Gasteiger partial charge in [-0.25, -0.2) is 9.78 Å². The highest BCUT2D eigenvalue weighted by molar-refractivity contribution is 5.56. The van der Waals surface area contributed by atoms with Gasteiger partial charge in [0.15, 0.2) is 11.2 Å². The van der Waals surface area contributed by atoms with Crippen molar-refractivity contribution in [2.24, 2.45) is 0 Å². The van der Waals surface area contributed by atoms with E-state index in [1.54, 1.807) is 0 Å². The van der Waals surface area contributed by atoms with Gasteiger partial charge in [0.1, 0.15) is 0 Å². The van der Waals surface area contributed by atoms with Crippen LogP contribution in [0.25, 0.3) is 0 Å². The first-order valence-corrected chi connectivity index (χ1v) is 20.2. The van der Waals surface area contributed by atoms with Crippen LogP contribution in [0.1, 0.15) is 83.3 Å². The Bertz CT molecular complexity index is 2270. The summed E-state index contributed by atoms with van der Waals surface area (Å²) < 4.78 is 0. The van der Waals surface area contributed by atoms with Crippen LogP contribution in [0.15, 0.2) is 231 Å². The standard InChI is InChI=1S/C56H50O2/c1-53(2,43-27-11-5-12-28-43)49-39-23-25-41-51(49)55(45-31-15-7-16-32-45,46-33-17-8-18-34-46)57-58-56(47-35-19-9-20-36-47,48-37-21-10-22-38-48)52-42-26-24-40-50(52)54(3,4)44-29-13-6-14-30-44/h5-42H,1-4H3. The van der Waals surface area contributed by atoms with Crippen LogP contribution in [0.4, 0.5) is 0 Å². The van der Waals surface area contributed by atoms with Crippen molar-refractivity contribution < 1.29 is 9.78 Å². The summed E-state index contributed by atoms with van der Waals surface area (Å²) in [5, 5.41) is 0. The maximum atomic E-state index is 7.66. The van der Waals surface area contributed by atoms with E-state index in [1.165, 1.54) is 11.1 Å². The predicted molar refractivity (Wildman–Crippen MR) is 238 cm³/mol. The highest BCUT2D eigenvalue weighted by Gasteiger charge is 2.49. The predicted octanol–water partition coefficient (Wildman–Crippen LogP) is 13.6. The van der Waals surface area contributed by atoms with Crippen molar-refractivity contribution in [2.45, 2.75) is 49.7 Å². The average Bonchev–Trinajstić information content (AvgIpc) is 3.30. The van der Waals surface area contributed by atoms with Gasteiger partial charge >= 0.3 is 0 Å². The molecule has 0 radical (unpaired) electrons. The molecule has 0 N–H and O–H groups in total. The van der Waals surface area contributed by atoms with Crippen LogP contribution in [0.2, 0.25) is 0 Å². The normalized spacial score (nSPS) is 12.3. The molecular weight excluding hydrogens is 705 g/mol. The maximum Gasteiger partial charge on any atom is 0.179 e. The summed E-state index contributed by atoms with van der Waals surface area (Å²) >= 11 is 0. The van der Waals surface area contributed by atoms with Crippen molar-refractivity contribution in [1.29, 1.82) is 0 Å². The lowest BCUT2D eigenvalue weighted by atomic mass is 9.69. The highest BCUT2D eigenvalue weighted by Crippen LogP contribution is 2.51. The van der Waals surface area contributed by atoms with Gasteiger partial charge in [-0.1, -0.05) is 258 Å². The Morgan fingerprint density at radius 1 is 0.224 bits per heavy atom. The fraction of sp³-hybridized carbons (Fsp3) is 0.143. The van der Waals surface area contributed by atoms with Crippen LogP contribution < -0.4 is 0 Å². The van der Waals surface area contributed by atoms with Crippen molar-refractivity contribution in [2.75, 3.05) is 0 Å². The zero-order chi connectivity index (χ0) is 40.1. The fourth-order valence-electron chi connectivity index (χ4n) is 8.74. The fourth-order valence-corrected chi connectivity index (χ4v) is 8.74. The number of benzene rings is 8. The van der Waals surface area contributed by atoms with Crippen LogP contribution >= 0.6 is 0 Å². The maximum absolute atomic E-state index is 7.66. The molecule has 0 fully saturated rings. The Kier molecular flexibility index (Phi) is 10.8. The van der Waals surface area contributed by atoms with Gasteiger partial charge in [-0.15, -0.1) is 0 Å². The van der Waals surface area contributed by atoms with E-state index >= 15 is 0 Å². The third-order valence-corrected chi connectivity index (χ3v) is 12.0. The Morgan fingerprint density at radius 3 is 0.655 bits per heavy atom. The molecule has 0 aromatic heterocycles. The average molecular weight is 755 g/mol. The second kappa shape index (κ2) is 16.3. The second-order valence-corrected chi connectivity index (χ2v) is 16.1. The molecule has 286 valence electrons. The van der Waals surface area contributed by atoms with Crippen molar-refractivity contribution in [3.05, 3.63) is 286 Å². The van der Waals surface area contributed by atoms with Crippen molar-refractivity contribution in [3.63, 3.8) is 0 Å². The van der Waals surface area contributed by atoms with Gasteiger partial charge in [-0.3, -0.25) is 0 Å². The van der Waals surface area contributed by atoms with E-state index < -0.39 is 22.0 Å². The van der Waals surface area contributed by atoms with E-state index in [0.717, 1.165) is 44.5 Å². The highest BCUT2D eigenvalue weighted by atomic mass is 17.2. The summed E-state index contributed by atoms with van der Waals surface area (Å²) in [4.78, 5) is 15.3. The van der Waals surface area contributed by atoms with Gasteiger partial charge in [0.2, 0.25) is 0 Å². The minimum atomic E-state index is -1.23. The number of hydrogen-bond acceptors (Lipinski definition) is 2. The number of hydrogen-bond donors (Lipinski definition) is 0. The van der Waals surface area contributed by atoms with Gasteiger partial charge in [0.05, 0.1) is 0 Å². The van der Waals surface area contributed by atoms with E-state index in [1.807, 2.05) is 0 Å². The zero-order valence-electron chi connectivity index (χ0n) is 33.8. The molecule has 0 amide bonds. The van der Waals surface area contributed by atoms with Crippen LogP contribution in [0.5, 0.6) is 0 Å². The van der Waals surface area contributed by atoms with Crippen molar-refractivity contribution in [3.8, 4) is 0 Å². The summed E-state index contributed by atoms with van der Waals surface area (Å²) in [6.07, 6.45) is 0. The van der Waals surface area contributed by atoms with Gasteiger partial charge in [0, 0.05) is 22.0 Å². The van der Waals surface area contributed by atoms with Gasteiger partial charge in [-0.2, -0.15) is 0 Å². The molecule has 2 heteroatoms. The van der Waals surface area contributed by atoms with Gasteiger partial charge < -0.3 is 0 Å². The molecular formula is C56H50O2. The molecule has 8 aromatic carbocycles. The lowest BCUT2D eigenvalue weighted by Gasteiger charge is -2.44. The summed E-state index contributed by atoms with van der Waals surface area (Å²) in [6, 6.07) is 81.0. The third-order valence-electron chi connectivity index (χ3n) is 12.0. The molecule has 0 unspecified atom stereocenters. The first-order valence-electron chi connectivity index (χ1n) is 20.2. The van der Waals surface area contributed by atoms with Gasteiger partial charge in [-0.05, 0) is 44.5 Å². The van der Waals surface area contributed by atoms with E-state index in [4.69, 9.17) is 9.78 Å². The summed E-state index contributed by atoms with van der Waals surface area (Å²) in [5.41, 5.74) is 7.19. The zero-order valence-corrected chi connectivity index (χ0v) is 33.8. The van der Waals surface area contributed by atoms with E-state index in [-0.39, 0.29) is 0 Å². The summed E-state index contributed by atoms with van der Waals surface area (Å²) in [5.74, 6) is 0. The lowest BCUT2D eigenvalue weighted by molar-refractivity contribution is -0.388. The quantitative estimate of drug-likeness (QED) is 0.0663. The topological polar surface area (TPSA) is 18.5 Å². The second-order valence-electron chi connectivity index (χ2n) is 16.1. The molecule has 2 nitrogen and oxygen atoms in total. The van der Waals surface area contributed by atoms with Crippen molar-refractivity contribution in [1.82, 2.24) is 0 Å². The first kappa shape index (κ1) is 38.5. The third kappa shape index (κ3) is 6.89. The Labute approximate surface area is 344 Å². The molecule has 0 aliphatic heterocycles. The van der Waals surface area contributed by atoms with E-state index in [9.17, 15) is 0 Å². The molecule has 0 bridgehead atoms. The van der Waals surface area contributed by atoms with Crippen LogP contribution in [0, 0.1) is 0 Å². The first-order chi connectivity index (χ1) is 28.3. The minimum Gasteiger partial charge on any atom is -0.214 e. The smallest absolute Gasteiger partial charge is 0.179 e. The minimum absolute atomic E-state index is 0.404. The molecule has 0 aliphatic rings. The van der Waals surface area contributed by atoms with Crippen LogP contribution in [-0.2, 0) is 31.8 Å². The Hall–Kier alpha value is -6.32. The summed E-state index contributed by atoms with van der Waals surface area (Å²) in [6.45, 7) is 9.18. The molecule has 0 heterocycles. The monoisotopic (exact) mass is 754 g/mol. The van der Waals surface area contributed by atoms with Crippen LogP contribution in [-0.4, -0.2) is 0 Å². The van der Waals surface area contributed by atoms with E-state index in [0.29, 0.717) is 0 Å². The lowest BCUT2D eigenvalue weighted by Crippen LogP contribution is -2.42. The molecule has 8 rings (SSSR count). The molecule has 0 saturated carbocycles. The molecule has 58 heavy (non-hydrogen) atoms. The Morgan fingerprint density at radius 2 is 0.414 bits per heavy atom. The SMILES string of the molecule is CC(C)(c1ccccc1)c1ccccc1C(OOC(c1ccccc1)(c1ccccc1)c1ccccc1C(C)(C)c1ccccc1)(c1ccccc1)c1ccccc1. The molecule has 0 aliphatic carbocycles. The van der Waals surface area contributed by atoms with Crippen molar-refractivity contribution >= 4 is 0 Å². The molecule has 0 atom stereocenters. The summed E-state index contributed by atoms with van der Waals surface area (Å²) in [7, 11) is 0. The van der Waals surface area contributed by atoms with Crippen LogP contribution in [0.3, 0.4) is 0 Å². The molecule has 0 spiro atoms. The Balaban J connectivity index is 1.45. The molecule has 0 saturated heterocycles. The van der Waals surface area contributed by atoms with E-state index in [2.05, 4.69) is 258 Å².